The summed E-state index contributed by atoms with van der Waals surface area (Å²) in [5.41, 5.74) is 0.811. The van der Waals surface area contributed by atoms with E-state index in [1.165, 1.54) is 12.1 Å². The normalized spacial score (nSPS) is 11.1. The van der Waals surface area contributed by atoms with Gasteiger partial charge in [0.05, 0.1) is 5.56 Å². The first-order chi connectivity index (χ1) is 10.8. The minimum atomic E-state index is -0.983. The van der Waals surface area contributed by atoms with E-state index in [-0.39, 0.29) is 17.5 Å². The molecule has 0 unspecified atom stereocenters. The van der Waals surface area contributed by atoms with Crippen LogP contribution in [0.5, 0.6) is 0 Å². The molecular weight excluding hydrogens is 298 g/mol. The third kappa shape index (κ3) is 4.57. The number of carbonyl (C=O) groups is 2. The Morgan fingerprint density at radius 1 is 1.22 bits per heavy atom. The summed E-state index contributed by atoms with van der Waals surface area (Å²) in [5, 5.41) is 17.9. The van der Waals surface area contributed by atoms with Crippen LogP contribution in [-0.4, -0.2) is 22.3 Å². The van der Waals surface area contributed by atoms with E-state index >= 15 is 0 Å². The molecule has 122 valence electrons. The average molecular weight is 317 g/mol. The Morgan fingerprint density at radius 3 is 2.39 bits per heavy atom. The van der Waals surface area contributed by atoms with Gasteiger partial charge in [-0.25, -0.2) is 9.59 Å². The minimum Gasteiger partial charge on any atom is -0.478 e. The first kappa shape index (κ1) is 16.5. The number of urea groups is 1. The van der Waals surface area contributed by atoms with Gasteiger partial charge in [-0.15, -0.1) is 0 Å². The van der Waals surface area contributed by atoms with Crippen LogP contribution in [0.25, 0.3) is 0 Å². The molecular formula is C16H19N3O4. The van der Waals surface area contributed by atoms with E-state index < -0.39 is 12.0 Å². The Kier molecular flexibility index (Phi) is 4.68. The van der Waals surface area contributed by atoms with Crippen molar-refractivity contribution in [3.63, 3.8) is 0 Å². The standard InChI is InChI=1S/C16H19N3O4/c1-16(2,3)12-8-13(19-23-12)18-15(22)17-9-10-4-6-11(7-5-10)14(20)21/h4-8H,9H2,1-3H3,(H,20,21)(H2,17,18,19,22). The zero-order chi connectivity index (χ0) is 17.0. The van der Waals surface area contributed by atoms with Gasteiger partial charge < -0.3 is 14.9 Å². The van der Waals surface area contributed by atoms with E-state index in [0.717, 1.165) is 5.56 Å². The summed E-state index contributed by atoms with van der Waals surface area (Å²) in [6, 6.07) is 7.55. The second kappa shape index (κ2) is 6.51. The van der Waals surface area contributed by atoms with Crippen LogP contribution in [0.15, 0.2) is 34.9 Å². The second-order valence-electron chi connectivity index (χ2n) is 6.14. The van der Waals surface area contributed by atoms with Crippen molar-refractivity contribution in [2.75, 3.05) is 5.32 Å². The lowest BCUT2D eigenvalue weighted by molar-refractivity contribution is 0.0697. The number of nitrogens with one attached hydrogen (secondary N) is 2. The van der Waals surface area contributed by atoms with Gasteiger partial charge in [-0.2, -0.15) is 0 Å². The van der Waals surface area contributed by atoms with Crippen molar-refractivity contribution in [3.8, 4) is 0 Å². The molecule has 0 saturated carbocycles. The SMILES string of the molecule is CC(C)(C)c1cc(NC(=O)NCc2ccc(C(=O)O)cc2)no1. The summed E-state index contributed by atoms with van der Waals surface area (Å²) in [7, 11) is 0. The first-order valence-electron chi connectivity index (χ1n) is 7.10. The van der Waals surface area contributed by atoms with E-state index in [4.69, 9.17) is 9.63 Å². The van der Waals surface area contributed by atoms with Crippen LogP contribution in [0.1, 0.15) is 42.5 Å². The molecule has 3 N–H and O–H groups in total. The van der Waals surface area contributed by atoms with Crippen molar-refractivity contribution in [2.45, 2.75) is 32.7 Å². The maximum atomic E-state index is 11.8. The van der Waals surface area contributed by atoms with Crippen molar-refractivity contribution in [1.29, 1.82) is 0 Å². The number of carbonyl (C=O) groups excluding carboxylic acids is 1. The highest BCUT2D eigenvalue weighted by Crippen LogP contribution is 2.24. The summed E-state index contributed by atoms with van der Waals surface area (Å²) in [6.45, 7) is 6.23. The lowest BCUT2D eigenvalue weighted by Gasteiger charge is -2.12. The van der Waals surface area contributed by atoms with Gasteiger partial charge in [-0.3, -0.25) is 5.32 Å². The number of amides is 2. The summed E-state index contributed by atoms with van der Waals surface area (Å²) in [4.78, 5) is 22.6. The number of carboxylic acids is 1. The monoisotopic (exact) mass is 317 g/mol. The Balaban J connectivity index is 1.87. The maximum Gasteiger partial charge on any atom is 0.335 e. The lowest BCUT2D eigenvalue weighted by Crippen LogP contribution is -2.28. The Bertz CT molecular complexity index is 699. The van der Waals surface area contributed by atoms with Gasteiger partial charge in [0.2, 0.25) is 0 Å². The minimum absolute atomic E-state index is 0.185. The van der Waals surface area contributed by atoms with Gasteiger partial charge in [-0.05, 0) is 17.7 Å². The lowest BCUT2D eigenvalue weighted by atomic mass is 9.93. The van der Waals surface area contributed by atoms with E-state index in [9.17, 15) is 9.59 Å². The molecule has 0 radical (unpaired) electrons. The predicted molar refractivity (Wildman–Crippen MR) is 84.5 cm³/mol. The maximum absolute atomic E-state index is 11.8. The van der Waals surface area contributed by atoms with E-state index in [1.807, 2.05) is 20.8 Å². The second-order valence-corrected chi connectivity index (χ2v) is 6.14. The summed E-state index contributed by atoms with van der Waals surface area (Å²) < 4.78 is 5.18. The van der Waals surface area contributed by atoms with Gasteiger partial charge in [-0.1, -0.05) is 38.1 Å². The van der Waals surface area contributed by atoms with E-state index in [1.54, 1.807) is 18.2 Å². The van der Waals surface area contributed by atoms with Crippen molar-refractivity contribution in [3.05, 3.63) is 47.2 Å². The highest BCUT2D eigenvalue weighted by atomic mass is 16.5. The van der Waals surface area contributed by atoms with Crippen LogP contribution in [0.4, 0.5) is 10.6 Å². The molecule has 0 atom stereocenters. The average Bonchev–Trinajstić information content (AvgIpc) is 2.94. The molecule has 2 rings (SSSR count). The number of benzene rings is 1. The van der Waals surface area contributed by atoms with Crippen LogP contribution in [0.2, 0.25) is 0 Å². The van der Waals surface area contributed by atoms with Crippen LogP contribution in [-0.2, 0) is 12.0 Å². The Labute approximate surface area is 133 Å². The molecule has 0 aliphatic rings. The number of anilines is 1. The van der Waals surface area contributed by atoms with Crippen molar-refractivity contribution in [1.82, 2.24) is 10.5 Å². The zero-order valence-electron chi connectivity index (χ0n) is 13.2. The fraction of sp³-hybridized carbons (Fsp3) is 0.312. The van der Waals surface area contributed by atoms with Crippen molar-refractivity contribution >= 4 is 17.8 Å². The molecule has 0 aliphatic carbocycles. The number of aromatic nitrogens is 1. The van der Waals surface area contributed by atoms with Crippen molar-refractivity contribution < 1.29 is 19.2 Å². The number of carboxylic acid groups (broad SMARTS) is 1. The largest absolute Gasteiger partial charge is 0.478 e. The molecule has 2 aromatic rings. The zero-order valence-corrected chi connectivity index (χ0v) is 13.2. The molecule has 2 amide bonds. The Morgan fingerprint density at radius 2 is 1.87 bits per heavy atom. The molecule has 0 spiro atoms. The fourth-order valence-electron chi connectivity index (χ4n) is 1.80. The molecule has 7 heteroatoms. The van der Waals surface area contributed by atoms with E-state index in [2.05, 4.69) is 15.8 Å². The molecule has 0 fully saturated rings. The number of nitrogens with zero attached hydrogens (tertiary/aromatic N) is 1. The van der Waals surface area contributed by atoms with Crippen LogP contribution in [0, 0.1) is 0 Å². The van der Waals surface area contributed by atoms with Crippen LogP contribution >= 0.6 is 0 Å². The molecule has 7 nitrogen and oxygen atoms in total. The van der Waals surface area contributed by atoms with Gasteiger partial charge in [0.1, 0.15) is 5.76 Å². The molecule has 1 aromatic carbocycles. The molecule has 1 heterocycles. The van der Waals surface area contributed by atoms with Crippen LogP contribution < -0.4 is 10.6 Å². The number of hydrogen-bond acceptors (Lipinski definition) is 4. The quantitative estimate of drug-likeness (QED) is 0.804. The fourth-order valence-corrected chi connectivity index (χ4v) is 1.80. The van der Waals surface area contributed by atoms with Gasteiger partial charge in [0.25, 0.3) is 0 Å². The van der Waals surface area contributed by atoms with Gasteiger partial charge in [0, 0.05) is 18.0 Å². The number of aromatic carboxylic acids is 1. The van der Waals surface area contributed by atoms with Crippen molar-refractivity contribution in [2.24, 2.45) is 0 Å². The summed E-state index contributed by atoms with van der Waals surface area (Å²) in [6.07, 6.45) is 0. The highest BCUT2D eigenvalue weighted by molar-refractivity contribution is 5.88. The molecule has 0 saturated heterocycles. The summed E-state index contributed by atoms with van der Waals surface area (Å²) >= 11 is 0. The summed E-state index contributed by atoms with van der Waals surface area (Å²) in [5.74, 6) is 0.0358. The molecule has 1 aromatic heterocycles. The van der Waals surface area contributed by atoms with Gasteiger partial charge in [0.15, 0.2) is 5.82 Å². The molecule has 0 aliphatic heterocycles. The predicted octanol–water partition coefficient (Wildman–Crippen LogP) is 2.99. The first-order valence-corrected chi connectivity index (χ1v) is 7.10. The smallest absolute Gasteiger partial charge is 0.335 e. The number of hydrogen-bond donors (Lipinski definition) is 3. The Hall–Kier alpha value is -2.83. The third-order valence-electron chi connectivity index (χ3n) is 3.14. The molecule has 0 bridgehead atoms. The third-order valence-corrected chi connectivity index (χ3v) is 3.14. The molecule has 23 heavy (non-hydrogen) atoms. The van der Waals surface area contributed by atoms with E-state index in [0.29, 0.717) is 11.6 Å². The highest BCUT2D eigenvalue weighted by Gasteiger charge is 2.20. The van der Waals surface area contributed by atoms with Crippen LogP contribution in [0.3, 0.4) is 0 Å². The van der Waals surface area contributed by atoms with Gasteiger partial charge >= 0.3 is 12.0 Å². The topological polar surface area (TPSA) is 104 Å². The number of rotatable bonds is 4.